The molecule has 2 aromatic heterocycles. The molecule has 0 saturated carbocycles. The van der Waals surface area contributed by atoms with E-state index in [4.69, 9.17) is 16.2 Å². The molecular weight excluding hydrogens is 310 g/mol. The van der Waals surface area contributed by atoms with Crippen molar-refractivity contribution >= 4 is 17.5 Å². The molecule has 0 bridgehead atoms. The summed E-state index contributed by atoms with van der Waals surface area (Å²) >= 11 is 0. The van der Waals surface area contributed by atoms with Gasteiger partial charge in [0.2, 0.25) is 0 Å². The molecule has 24 heavy (non-hydrogen) atoms. The molecule has 4 N–H and O–H groups in total. The molecule has 9 heteroatoms. The average molecular weight is 331 g/mol. The number of imidazole rings is 1. The monoisotopic (exact) mass is 331 g/mol. The van der Waals surface area contributed by atoms with Crippen LogP contribution in [0.2, 0.25) is 0 Å². The van der Waals surface area contributed by atoms with Crippen LogP contribution in [-0.4, -0.2) is 45.6 Å². The van der Waals surface area contributed by atoms with Crippen LogP contribution in [0, 0.1) is 6.92 Å². The van der Waals surface area contributed by atoms with Gasteiger partial charge >= 0.3 is 0 Å². The summed E-state index contributed by atoms with van der Waals surface area (Å²) < 4.78 is 7.27. The van der Waals surface area contributed by atoms with E-state index in [1.807, 2.05) is 11.5 Å². The molecule has 0 aromatic carbocycles. The summed E-state index contributed by atoms with van der Waals surface area (Å²) in [6, 6.07) is 0.177. The second-order valence-corrected chi connectivity index (χ2v) is 5.78. The van der Waals surface area contributed by atoms with E-state index in [1.165, 1.54) is 0 Å². The molecule has 128 valence electrons. The van der Waals surface area contributed by atoms with E-state index in [0.717, 1.165) is 37.4 Å². The minimum atomic E-state index is -0.607. The number of primary amides is 1. The number of carbonyl (C=O) groups excluding carboxylic acids is 1. The number of methoxy groups -OCH3 is 1. The number of aromatic nitrogens is 4. The molecular formula is C15H21N7O2. The number of carbonyl (C=O) groups is 1. The van der Waals surface area contributed by atoms with E-state index in [1.54, 1.807) is 19.8 Å². The zero-order valence-corrected chi connectivity index (χ0v) is 13.8. The van der Waals surface area contributed by atoms with Crippen molar-refractivity contribution in [1.82, 2.24) is 19.5 Å². The summed E-state index contributed by atoms with van der Waals surface area (Å²) in [7, 11) is 1.62. The molecule has 1 saturated heterocycles. The third-order valence-electron chi connectivity index (χ3n) is 4.39. The lowest BCUT2D eigenvalue weighted by atomic mass is 10.0. The normalized spacial score (nSPS) is 15.5. The third-order valence-corrected chi connectivity index (χ3v) is 4.39. The van der Waals surface area contributed by atoms with Crippen molar-refractivity contribution in [2.75, 3.05) is 30.8 Å². The van der Waals surface area contributed by atoms with Crippen LogP contribution in [0.4, 0.5) is 11.6 Å². The molecule has 9 nitrogen and oxygen atoms in total. The summed E-state index contributed by atoms with van der Waals surface area (Å²) in [5, 5.41) is 0. The van der Waals surface area contributed by atoms with Gasteiger partial charge in [-0.1, -0.05) is 0 Å². The number of ether oxygens (including phenoxy) is 1. The van der Waals surface area contributed by atoms with E-state index in [2.05, 4.69) is 19.9 Å². The minimum absolute atomic E-state index is 0.130. The van der Waals surface area contributed by atoms with Crippen LogP contribution >= 0.6 is 0 Å². The Kier molecular flexibility index (Phi) is 4.24. The van der Waals surface area contributed by atoms with Crippen LogP contribution in [0.25, 0.3) is 0 Å². The molecule has 0 aliphatic carbocycles. The van der Waals surface area contributed by atoms with Gasteiger partial charge in [-0.2, -0.15) is 0 Å². The van der Waals surface area contributed by atoms with Crippen molar-refractivity contribution in [3.63, 3.8) is 0 Å². The summed E-state index contributed by atoms with van der Waals surface area (Å²) in [6.45, 7) is 3.48. The first-order valence-corrected chi connectivity index (χ1v) is 7.75. The number of anilines is 2. The highest BCUT2D eigenvalue weighted by Gasteiger charge is 2.26. The Morgan fingerprint density at radius 2 is 2.00 bits per heavy atom. The molecule has 1 aliphatic heterocycles. The van der Waals surface area contributed by atoms with Crippen LogP contribution < -0.4 is 21.1 Å². The zero-order valence-electron chi connectivity index (χ0n) is 13.8. The Morgan fingerprint density at radius 1 is 1.29 bits per heavy atom. The number of nitrogens with zero attached hydrogens (tertiary/aromatic N) is 5. The fourth-order valence-corrected chi connectivity index (χ4v) is 3.12. The number of nitrogens with two attached hydrogens (primary N) is 2. The molecule has 0 unspecified atom stereocenters. The van der Waals surface area contributed by atoms with E-state index < -0.39 is 5.91 Å². The summed E-state index contributed by atoms with van der Waals surface area (Å²) in [4.78, 5) is 26.0. The van der Waals surface area contributed by atoms with Gasteiger partial charge in [-0.15, -0.1) is 0 Å². The maximum absolute atomic E-state index is 11.3. The Labute approximate surface area is 139 Å². The smallest absolute Gasteiger partial charge is 0.271 e. The second-order valence-electron chi connectivity index (χ2n) is 5.78. The third kappa shape index (κ3) is 2.72. The first-order chi connectivity index (χ1) is 11.5. The van der Waals surface area contributed by atoms with Crippen molar-refractivity contribution in [2.24, 2.45) is 5.73 Å². The van der Waals surface area contributed by atoms with Crippen molar-refractivity contribution in [1.29, 1.82) is 0 Å². The highest BCUT2D eigenvalue weighted by Crippen LogP contribution is 2.33. The van der Waals surface area contributed by atoms with Crippen molar-refractivity contribution in [2.45, 2.75) is 25.8 Å². The van der Waals surface area contributed by atoms with Crippen LogP contribution in [0.5, 0.6) is 5.75 Å². The topological polar surface area (TPSA) is 125 Å². The highest BCUT2D eigenvalue weighted by molar-refractivity contribution is 5.95. The number of nitrogen functional groups attached to an aromatic ring is 1. The molecule has 2 aromatic rings. The Bertz CT molecular complexity index is 750. The van der Waals surface area contributed by atoms with Gasteiger partial charge in [-0.25, -0.2) is 15.0 Å². The predicted molar refractivity (Wildman–Crippen MR) is 89.0 cm³/mol. The van der Waals surface area contributed by atoms with Gasteiger partial charge in [-0.3, -0.25) is 4.79 Å². The van der Waals surface area contributed by atoms with Crippen molar-refractivity contribution in [3.05, 3.63) is 24.0 Å². The lowest BCUT2D eigenvalue weighted by Gasteiger charge is -2.34. The van der Waals surface area contributed by atoms with Gasteiger partial charge in [0.1, 0.15) is 12.1 Å². The largest absolute Gasteiger partial charge is 0.491 e. The van der Waals surface area contributed by atoms with Gasteiger partial charge in [0.25, 0.3) is 5.91 Å². The predicted octanol–water partition coefficient (Wildman–Crippen LogP) is 0.513. The fraction of sp³-hybridized carbons (Fsp3) is 0.467. The van der Waals surface area contributed by atoms with E-state index in [0.29, 0.717) is 11.6 Å². The van der Waals surface area contributed by atoms with Gasteiger partial charge in [0.05, 0.1) is 19.1 Å². The van der Waals surface area contributed by atoms with E-state index in [-0.39, 0.29) is 11.7 Å². The van der Waals surface area contributed by atoms with Gasteiger partial charge in [0.15, 0.2) is 17.3 Å². The van der Waals surface area contributed by atoms with Crippen LogP contribution in [-0.2, 0) is 0 Å². The van der Waals surface area contributed by atoms with E-state index in [9.17, 15) is 4.79 Å². The summed E-state index contributed by atoms with van der Waals surface area (Å²) in [5.74, 6) is 1.23. The van der Waals surface area contributed by atoms with Crippen molar-refractivity contribution < 1.29 is 9.53 Å². The average Bonchev–Trinajstić information content (AvgIpc) is 2.96. The number of rotatable bonds is 4. The Hall–Kier alpha value is -2.84. The van der Waals surface area contributed by atoms with Gasteiger partial charge < -0.3 is 25.7 Å². The minimum Gasteiger partial charge on any atom is -0.491 e. The first kappa shape index (κ1) is 16.0. The molecule has 3 heterocycles. The van der Waals surface area contributed by atoms with Gasteiger partial charge in [-0.05, 0) is 19.8 Å². The maximum atomic E-state index is 11.3. The number of hydrogen-bond acceptors (Lipinski definition) is 7. The molecule has 0 atom stereocenters. The Morgan fingerprint density at radius 3 is 2.58 bits per heavy atom. The molecule has 0 radical (unpaired) electrons. The molecule has 1 fully saturated rings. The lowest BCUT2D eigenvalue weighted by Crippen LogP contribution is -2.35. The zero-order chi connectivity index (χ0) is 17.3. The number of aryl methyl sites for hydroxylation is 1. The molecule has 1 amide bonds. The molecule has 3 rings (SSSR count). The summed E-state index contributed by atoms with van der Waals surface area (Å²) in [6.07, 6.45) is 4.84. The fourth-order valence-electron chi connectivity index (χ4n) is 3.12. The molecule has 0 spiro atoms. The Balaban J connectivity index is 1.75. The number of amides is 1. The van der Waals surface area contributed by atoms with Crippen molar-refractivity contribution in [3.8, 4) is 5.75 Å². The first-order valence-electron chi connectivity index (χ1n) is 7.75. The molecule has 1 aliphatic rings. The second kappa shape index (κ2) is 6.34. The SMILES string of the molecule is COc1c(C)ncnc1N1CCC(n2cnc(C(N)=O)c2N)CC1. The number of piperidine rings is 1. The number of hydrogen-bond donors (Lipinski definition) is 2. The van der Waals surface area contributed by atoms with E-state index >= 15 is 0 Å². The standard InChI is InChI=1S/C15H21N7O2/c1-9-12(24-2)15(19-7-18-9)21-5-3-10(4-6-21)22-8-20-11(13(22)16)14(17)23/h7-8,10H,3-6,16H2,1-2H3,(H2,17,23). The highest BCUT2D eigenvalue weighted by atomic mass is 16.5. The van der Waals surface area contributed by atoms with Crippen LogP contribution in [0.1, 0.15) is 35.1 Å². The lowest BCUT2D eigenvalue weighted by molar-refractivity contribution is 0.0997. The van der Waals surface area contributed by atoms with Crippen LogP contribution in [0.15, 0.2) is 12.7 Å². The maximum Gasteiger partial charge on any atom is 0.271 e. The van der Waals surface area contributed by atoms with Crippen LogP contribution in [0.3, 0.4) is 0 Å². The quantitative estimate of drug-likeness (QED) is 0.836. The summed E-state index contributed by atoms with van der Waals surface area (Å²) in [5.41, 5.74) is 12.2. The van der Waals surface area contributed by atoms with Gasteiger partial charge in [0, 0.05) is 19.1 Å².